The van der Waals surface area contributed by atoms with Crippen molar-refractivity contribution < 1.29 is 0 Å². The Kier molecular flexibility index (Phi) is 6.58. The van der Waals surface area contributed by atoms with E-state index in [1.54, 1.807) is 0 Å². The quantitative estimate of drug-likeness (QED) is 0.408. The Morgan fingerprint density at radius 2 is 1.88 bits per heavy atom. The minimum atomic E-state index is 0. The van der Waals surface area contributed by atoms with Crippen molar-refractivity contribution in [1.82, 2.24) is 20.2 Å². The summed E-state index contributed by atoms with van der Waals surface area (Å²) in [4.78, 5) is 18.5. The van der Waals surface area contributed by atoms with Crippen LogP contribution in [0.3, 0.4) is 0 Å². The number of anilines is 1. The van der Waals surface area contributed by atoms with Gasteiger partial charge in [0.15, 0.2) is 5.96 Å². The number of nitrogens with zero attached hydrogens (tertiary/aromatic N) is 5. The fourth-order valence-electron chi connectivity index (χ4n) is 4.25. The molecule has 1 aromatic rings. The van der Waals surface area contributed by atoms with Gasteiger partial charge >= 0.3 is 0 Å². The van der Waals surface area contributed by atoms with Crippen LogP contribution >= 0.6 is 24.0 Å². The van der Waals surface area contributed by atoms with E-state index in [2.05, 4.69) is 32.0 Å². The average molecular weight is 470 g/mol. The highest BCUT2D eigenvalue weighted by Crippen LogP contribution is 2.57. The third kappa shape index (κ3) is 4.23. The third-order valence-corrected chi connectivity index (χ3v) is 6.09. The van der Waals surface area contributed by atoms with Crippen molar-refractivity contribution >= 4 is 35.9 Å². The Balaban J connectivity index is 0.00000196. The van der Waals surface area contributed by atoms with E-state index in [9.17, 15) is 0 Å². The normalized spacial score (nSPS) is 22.4. The van der Waals surface area contributed by atoms with Crippen LogP contribution in [0.1, 0.15) is 39.0 Å². The monoisotopic (exact) mass is 470 g/mol. The lowest BCUT2D eigenvalue weighted by molar-refractivity contribution is 0.112. The first-order valence-electron chi connectivity index (χ1n) is 9.86. The van der Waals surface area contributed by atoms with Gasteiger partial charge in [0.05, 0.1) is 0 Å². The SMILES string of the molecule is CCNC(=NCC1(C2CC2)CCC1)N1CCN(c2ncccn2)CC1.I. The van der Waals surface area contributed by atoms with Crippen LogP contribution in [0.4, 0.5) is 5.95 Å². The maximum atomic E-state index is 5.07. The van der Waals surface area contributed by atoms with Crippen molar-refractivity contribution in [2.75, 3.05) is 44.2 Å². The Bertz CT molecular complexity index is 591. The molecule has 1 aliphatic heterocycles. The average Bonchev–Trinajstić information content (AvgIpc) is 3.46. The van der Waals surface area contributed by atoms with Crippen molar-refractivity contribution in [3.05, 3.63) is 18.5 Å². The summed E-state index contributed by atoms with van der Waals surface area (Å²) < 4.78 is 0. The van der Waals surface area contributed by atoms with Gasteiger partial charge in [-0.3, -0.25) is 4.99 Å². The Morgan fingerprint density at radius 3 is 2.42 bits per heavy atom. The van der Waals surface area contributed by atoms with Crippen LogP contribution in [-0.2, 0) is 0 Å². The molecule has 0 aromatic carbocycles. The first-order valence-corrected chi connectivity index (χ1v) is 9.86. The second-order valence-corrected chi connectivity index (χ2v) is 7.68. The molecule has 0 spiro atoms. The predicted molar refractivity (Wildman–Crippen MR) is 116 cm³/mol. The number of hydrogen-bond acceptors (Lipinski definition) is 4. The lowest BCUT2D eigenvalue weighted by atomic mass is 9.65. The first kappa shape index (κ1) is 19.6. The van der Waals surface area contributed by atoms with Crippen LogP contribution in [0.15, 0.2) is 23.5 Å². The van der Waals surface area contributed by atoms with Gasteiger partial charge in [-0.1, -0.05) is 6.42 Å². The van der Waals surface area contributed by atoms with Crippen LogP contribution in [0.2, 0.25) is 0 Å². The summed E-state index contributed by atoms with van der Waals surface area (Å²) in [7, 11) is 0. The Hall–Kier alpha value is -1.12. The second-order valence-electron chi connectivity index (χ2n) is 7.68. The van der Waals surface area contributed by atoms with Gasteiger partial charge in [0.25, 0.3) is 0 Å². The van der Waals surface area contributed by atoms with Crippen molar-refractivity contribution in [2.45, 2.75) is 39.0 Å². The zero-order valence-corrected chi connectivity index (χ0v) is 18.1. The van der Waals surface area contributed by atoms with Gasteiger partial charge in [-0.2, -0.15) is 0 Å². The van der Waals surface area contributed by atoms with Crippen molar-refractivity contribution in [1.29, 1.82) is 0 Å². The molecule has 4 rings (SSSR count). The molecule has 0 radical (unpaired) electrons. The highest BCUT2D eigenvalue weighted by Gasteiger charge is 2.48. The zero-order valence-electron chi connectivity index (χ0n) is 15.7. The standard InChI is InChI=1S/C19H30N6.HI/c1-2-20-17(23-15-19(7-3-8-19)16-5-6-16)24-11-13-25(14-12-24)18-21-9-4-10-22-18;/h4,9-10,16H,2-3,5-8,11-15H2,1H3,(H,20,23);1H. The summed E-state index contributed by atoms with van der Waals surface area (Å²) >= 11 is 0. The number of aliphatic imine (C=N–C) groups is 1. The number of halogens is 1. The van der Waals surface area contributed by atoms with E-state index in [1.807, 2.05) is 18.5 Å². The maximum absolute atomic E-state index is 5.07. The van der Waals surface area contributed by atoms with Gasteiger partial charge in [-0.05, 0) is 50.0 Å². The highest BCUT2D eigenvalue weighted by atomic mass is 127. The maximum Gasteiger partial charge on any atom is 0.225 e. The van der Waals surface area contributed by atoms with Crippen LogP contribution in [0.25, 0.3) is 0 Å². The molecule has 2 saturated carbocycles. The fraction of sp³-hybridized carbons (Fsp3) is 0.737. The van der Waals surface area contributed by atoms with Crippen LogP contribution in [0, 0.1) is 11.3 Å². The summed E-state index contributed by atoms with van der Waals surface area (Å²) in [6.07, 6.45) is 10.7. The van der Waals surface area contributed by atoms with Gasteiger partial charge in [0, 0.05) is 51.7 Å². The second kappa shape index (κ2) is 8.71. The number of hydrogen-bond donors (Lipinski definition) is 1. The summed E-state index contributed by atoms with van der Waals surface area (Å²) in [5, 5.41) is 3.51. The molecule has 26 heavy (non-hydrogen) atoms. The minimum Gasteiger partial charge on any atom is -0.357 e. The number of rotatable bonds is 5. The van der Waals surface area contributed by atoms with Gasteiger partial charge in [-0.15, -0.1) is 24.0 Å². The number of guanidine groups is 1. The molecule has 1 N–H and O–H groups in total. The molecule has 6 nitrogen and oxygen atoms in total. The molecule has 2 aliphatic carbocycles. The zero-order chi connectivity index (χ0) is 17.1. The molecule has 1 aromatic heterocycles. The number of aromatic nitrogens is 2. The number of nitrogens with one attached hydrogen (secondary N) is 1. The van der Waals surface area contributed by atoms with Crippen LogP contribution < -0.4 is 10.2 Å². The van der Waals surface area contributed by atoms with Gasteiger partial charge in [0.2, 0.25) is 5.95 Å². The van der Waals surface area contributed by atoms with Gasteiger partial charge in [0.1, 0.15) is 0 Å². The topological polar surface area (TPSA) is 56.7 Å². The fourth-order valence-corrected chi connectivity index (χ4v) is 4.25. The summed E-state index contributed by atoms with van der Waals surface area (Å²) in [5.41, 5.74) is 0.542. The lowest BCUT2D eigenvalue weighted by Crippen LogP contribution is -2.53. The molecule has 0 unspecified atom stereocenters. The molecular weight excluding hydrogens is 439 g/mol. The predicted octanol–water partition coefficient (Wildman–Crippen LogP) is 2.76. The Labute approximate surface area is 173 Å². The molecule has 0 bridgehead atoms. The molecule has 7 heteroatoms. The molecule has 1 saturated heterocycles. The van der Waals surface area contributed by atoms with Crippen molar-refractivity contribution in [2.24, 2.45) is 16.3 Å². The van der Waals surface area contributed by atoms with Gasteiger partial charge < -0.3 is 15.1 Å². The lowest BCUT2D eigenvalue weighted by Gasteiger charge is -2.42. The third-order valence-electron chi connectivity index (χ3n) is 6.09. The van der Waals surface area contributed by atoms with E-state index < -0.39 is 0 Å². The van der Waals surface area contributed by atoms with Crippen molar-refractivity contribution in [3.63, 3.8) is 0 Å². The summed E-state index contributed by atoms with van der Waals surface area (Å²) in [6.45, 7) is 7.94. The van der Waals surface area contributed by atoms with Crippen LogP contribution in [0.5, 0.6) is 0 Å². The molecular formula is C19H31IN6. The van der Waals surface area contributed by atoms with Gasteiger partial charge in [-0.25, -0.2) is 9.97 Å². The van der Waals surface area contributed by atoms with E-state index in [0.717, 1.165) is 57.1 Å². The summed E-state index contributed by atoms with van der Waals surface area (Å²) in [6, 6.07) is 1.87. The minimum absolute atomic E-state index is 0. The van der Waals surface area contributed by atoms with Crippen molar-refractivity contribution in [3.8, 4) is 0 Å². The van der Waals surface area contributed by atoms with Crippen LogP contribution in [-0.4, -0.2) is 60.1 Å². The molecule has 0 atom stereocenters. The largest absolute Gasteiger partial charge is 0.357 e. The van der Waals surface area contributed by atoms with E-state index in [1.165, 1.54) is 32.1 Å². The van der Waals surface area contributed by atoms with E-state index in [-0.39, 0.29) is 24.0 Å². The molecule has 144 valence electrons. The molecule has 2 heterocycles. The molecule has 3 fully saturated rings. The number of piperazine rings is 1. The van der Waals surface area contributed by atoms with E-state index in [0.29, 0.717) is 5.41 Å². The molecule has 0 amide bonds. The smallest absolute Gasteiger partial charge is 0.225 e. The highest BCUT2D eigenvalue weighted by molar-refractivity contribution is 14.0. The Morgan fingerprint density at radius 1 is 1.19 bits per heavy atom. The first-order chi connectivity index (χ1) is 12.3. The summed E-state index contributed by atoms with van der Waals surface area (Å²) in [5.74, 6) is 2.90. The van der Waals surface area contributed by atoms with E-state index in [4.69, 9.17) is 4.99 Å². The molecule has 3 aliphatic rings. The van der Waals surface area contributed by atoms with E-state index >= 15 is 0 Å².